The van der Waals surface area contributed by atoms with Crippen LogP contribution in [0.5, 0.6) is 5.75 Å². The molecule has 1 amide bonds. The fraction of sp³-hybridized carbons (Fsp3) is 0.217. The number of hydrogen-bond donors (Lipinski definition) is 1. The van der Waals surface area contributed by atoms with Crippen molar-refractivity contribution >= 4 is 28.9 Å². The number of hydrogen-bond acceptors (Lipinski definition) is 5. The molecule has 0 unspecified atom stereocenters. The highest BCUT2D eigenvalue weighted by Crippen LogP contribution is 2.42. The van der Waals surface area contributed by atoms with Crippen LogP contribution in [-0.4, -0.2) is 18.5 Å². The number of carbonyl (C=O) groups is 2. The number of nitrogens with one attached hydrogen (secondary N) is 1. The van der Waals surface area contributed by atoms with E-state index in [2.05, 4.69) is 5.32 Å². The Morgan fingerprint density at radius 3 is 2.83 bits per heavy atom. The van der Waals surface area contributed by atoms with Crippen LogP contribution in [0.3, 0.4) is 0 Å². The van der Waals surface area contributed by atoms with Gasteiger partial charge in [-0.2, -0.15) is 0 Å². The van der Waals surface area contributed by atoms with E-state index in [1.807, 2.05) is 56.3 Å². The first-order valence-corrected chi connectivity index (χ1v) is 10.3. The molecule has 4 rings (SSSR count). The smallest absolute Gasteiger partial charge is 0.348 e. The molecule has 2 aromatic carbocycles. The Morgan fingerprint density at radius 2 is 2.00 bits per heavy atom. The molecule has 1 aliphatic rings. The van der Waals surface area contributed by atoms with E-state index in [0.717, 1.165) is 45.0 Å². The molecule has 0 radical (unpaired) electrons. The molecule has 0 saturated carbocycles. The van der Waals surface area contributed by atoms with Crippen LogP contribution in [0.4, 0.5) is 5.69 Å². The number of thiophene rings is 1. The number of benzene rings is 2. The molecule has 1 aromatic heterocycles. The number of rotatable bonds is 5. The van der Waals surface area contributed by atoms with Crippen molar-refractivity contribution in [3.8, 4) is 16.2 Å². The number of esters is 1. The van der Waals surface area contributed by atoms with Crippen molar-refractivity contribution in [1.29, 1.82) is 0 Å². The fourth-order valence-electron chi connectivity index (χ4n) is 3.38. The van der Waals surface area contributed by atoms with Gasteiger partial charge in [-0.15, -0.1) is 11.3 Å². The van der Waals surface area contributed by atoms with Crippen LogP contribution in [0.2, 0.25) is 0 Å². The maximum Gasteiger partial charge on any atom is 0.348 e. The summed E-state index contributed by atoms with van der Waals surface area (Å²) in [6.07, 6.45) is 0.807. The lowest BCUT2D eigenvalue weighted by atomic mass is 10.1. The molecule has 148 valence electrons. The molecule has 5 nitrogen and oxygen atoms in total. The minimum absolute atomic E-state index is 0.327. The summed E-state index contributed by atoms with van der Waals surface area (Å²) < 4.78 is 11.0. The third-order valence-electron chi connectivity index (χ3n) is 4.86. The maximum atomic E-state index is 12.5. The number of carbonyl (C=O) groups excluding carboxylic acids is 2. The van der Waals surface area contributed by atoms with E-state index >= 15 is 0 Å². The lowest BCUT2D eigenvalue weighted by Gasteiger charge is -2.16. The molecule has 6 heteroatoms. The Balaban J connectivity index is 1.43. The second-order valence-corrected chi connectivity index (χ2v) is 7.89. The van der Waals surface area contributed by atoms with Gasteiger partial charge in [0.15, 0.2) is 6.61 Å². The second-order valence-electron chi connectivity index (χ2n) is 6.84. The highest BCUT2D eigenvalue weighted by molar-refractivity contribution is 7.17. The molecule has 0 spiro atoms. The van der Waals surface area contributed by atoms with E-state index in [0.29, 0.717) is 11.5 Å². The van der Waals surface area contributed by atoms with E-state index < -0.39 is 5.97 Å². The Labute approximate surface area is 173 Å². The first kappa shape index (κ1) is 19.2. The predicted molar refractivity (Wildman–Crippen MR) is 114 cm³/mol. The van der Waals surface area contributed by atoms with Crippen LogP contribution >= 0.6 is 11.3 Å². The maximum absolute atomic E-state index is 12.5. The molecule has 2 heterocycles. The summed E-state index contributed by atoms with van der Waals surface area (Å²) in [7, 11) is 0. The number of amides is 1. The summed E-state index contributed by atoms with van der Waals surface area (Å²) in [5.41, 5.74) is 4.75. The van der Waals surface area contributed by atoms with Gasteiger partial charge in [0, 0.05) is 21.7 Å². The number of ether oxygens (including phenoxy) is 2. The molecule has 0 bridgehead atoms. The Morgan fingerprint density at radius 1 is 1.17 bits per heavy atom. The molecule has 0 atom stereocenters. The number of anilines is 1. The minimum atomic E-state index is -0.502. The molecule has 1 N–H and O–H groups in total. The van der Waals surface area contributed by atoms with Crippen LogP contribution < -0.4 is 10.1 Å². The van der Waals surface area contributed by atoms with Gasteiger partial charge < -0.3 is 14.8 Å². The van der Waals surface area contributed by atoms with Gasteiger partial charge in [-0.3, -0.25) is 4.79 Å². The highest BCUT2D eigenvalue weighted by atomic mass is 32.1. The standard InChI is InChI=1S/C23H21NO4S/c1-3-15-8-6-7-14(2)21(15)24-20(25)13-28-23(26)19-11-16-12-27-18-10-5-4-9-17(18)22(16)29-19/h4-11H,3,12-13H2,1-2H3,(H,24,25). The van der Waals surface area contributed by atoms with Crippen LogP contribution in [0.15, 0.2) is 48.5 Å². The average molecular weight is 407 g/mol. The van der Waals surface area contributed by atoms with Gasteiger partial charge >= 0.3 is 5.97 Å². The summed E-state index contributed by atoms with van der Waals surface area (Å²) in [4.78, 5) is 26.3. The molecule has 3 aromatic rings. The molecule has 1 aliphatic heterocycles. The summed E-state index contributed by atoms with van der Waals surface area (Å²) in [5, 5.41) is 2.87. The largest absolute Gasteiger partial charge is 0.488 e. The molecule has 0 fully saturated rings. The van der Waals surface area contributed by atoms with E-state index in [-0.39, 0.29) is 12.5 Å². The zero-order chi connectivity index (χ0) is 20.4. The predicted octanol–water partition coefficient (Wildman–Crippen LogP) is 4.97. The topological polar surface area (TPSA) is 64.6 Å². The summed E-state index contributed by atoms with van der Waals surface area (Å²) in [6, 6.07) is 15.4. The van der Waals surface area contributed by atoms with Gasteiger partial charge in [0.05, 0.1) is 0 Å². The lowest BCUT2D eigenvalue weighted by Crippen LogP contribution is -2.21. The van der Waals surface area contributed by atoms with E-state index in [9.17, 15) is 9.59 Å². The number of aryl methyl sites for hydroxylation is 2. The van der Waals surface area contributed by atoms with Crippen molar-refractivity contribution in [2.75, 3.05) is 11.9 Å². The zero-order valence-corrected chi connectivity index (χ0v) is 17.1. The van der Waals surface area contributed by atoms with Gasteiger partial charge in [-0.05, 0) is 42.7 Å². The molecule has 0 saturated heterocycles. The number of fused-ring (bicyclic) bond motifs is 3. The minimum Gasteiger partial charge on any atom is -0.488 e. The lowest BCUT2D eigenvalue weighted by molar-refractivity contribution is -0.119. The van der Waals surface area contributed by atoms with Gasteiger partial charge in [-0.1, -0.05) is 37.3 Å². The molecular weight excluding hydrogens is 386 g/mol. The summed E-state index contributed by atoms with van der Waals surface area (Å²) in [5.74, 6) is -0.0408. The monoisotopic (exact) mass is 407 g/mol. The van der Waals surface area contributed by atoms with E-state index in [1.165, 1.54) is 11.3 Å². The van der Waals surface area contributed by atoms with Crippen molar-refractivity contribution in [1.82, 2.24) is 0 Å². The molecule has 0 aliphatic carbocycles. The van der Waals surface area contributed by atoms with Gasteiger partial charge in [0.25, 0.3) is 5.91 Å². The van der Waals surface area contributed by atoms with Crippen molar-refractivity contribution in [2.45, 2.75) is 26.9 Å². The Kier molecular flexibility index (Phi) is 5.36. The molecule has 29 heavy (non-hydrogen) atoms. The van der Waals surface area contributed by atoms with Crippen LogP contribution in [0.1, 0.15) is 33.3 Å². The zero-order valence-electron chi connectivity index (χ0n) is 16.3. The van der Waals surface area contributed by atoms with E-state index in [1.54, 1.807) is 6.07 Å². The average Bonchev–Trinajstić information content (AvgIpc) is 3.18. The fourth-order valence-corrected chi connectivity index (χ4v) is 4.47. The third-order valence-corrected chi connectivity index (χ3v) is 6.05. The highest BCUT2D eigenvalue weighted by Gasteiger charge is 2.23. The van der Waals surface area contributed by atoms with Crippen molar-refractivity contribution in [2.24, 2.45) is 0 Å². The third kappa shape index (κ3) is 3.89. The number of para-hydroxylation sites is 2. The van der Waals surface area contributed by atoms with Crippen LogP contribution in [-0.2, 0) is 22.6 Å². The van der Waals surface area contributed by atoms with Crippen LogP contribution in [0.25, 0.3) is 10.4 Å². The SMILES string of the molecule is CCc1cccc(C)c1NC(=O)COC(=O)c1cc2c(s1)-c1ccccc1OC2. The van der Waals surface area contributed by atoms with Gasteiger partial charge in [0.2, 0.25) is 0 Å². The second kappa shape index (κ2) is 8.09. The first-order valence-electron chi connectivity index (χ1n) is 9.47. The van der Waals surface area contributed by atoms with Gasteiger partial charge in [0.1, 0.15) is 17.2 Å². The quantitative estimate of drug-likeness (QED) is 0.606. The molecular formula is C23H21NO4S. The van der Waals surface area contributed by atoms with E-state index in [4.69, 9.17) is 9.47 Å². The summed E-state index contributed by atoms with van der Waals surface area (Å²) in [6.45, 7) is 4.07. The van der Waals surface area contributed by atoms with Crippen LogP contribution in [0, 0.1) is 6.92 Å². The summed E-state index contributed by atoms with van der Waals surface area (Å²) >= 11 is 1.36. The van der Waals surface area contributed by atoms with Crippen molar-refractivity contribution in [3.05, 3.63) is 70.1 Å². The Hall–Kier alpha value is -3.12. The normalized spacial score (nSPS) is 11.8. The first-order chi connectivity index (χ1) is 14.1. The van der Waals surface area contributed by atoms with Crippen molar-refractivity contribution in [3.63, 3.8) is 0 Å². The van der Waals surface area contributed by atoms with Gasteiger partial charge in [-0.25, -0.2) is 4.79 Å². The Bertz CT molecular complexity index is 1090. The van der Waals surface area contributed by atoms with Crippen molar-refractivity contribution < 1.29 is 19.1 Å².